The van der Waals surface area contributed by atoms with Gasteiger partial charge in [-0.25, -0.2) is 22.6 Å². The van der Waals surface area contributed by atoms with E-state index in [-0.39, 0.29) is 28.1 Å². The summed E-state index contributed by atoms with van der Waals surface area (Å²) >= 11 is 0.969. The number of benzene rings is 2. The number of thiazole rings is 1. The Morgan fingerprint density at radius 2 is 1.88 bits per heavy atom. The number of esters is 1. The first-order valence-corrected chi connectivity index (χ1v) is 12.9. The van der Waals surface area contributed by atoms with Gasteiger partial charge in [0, 0.05) is 12.1 Å². The van der Waals surface area contributed by atoms with Crippen LogP contribution in [0.1, 0.15) is 29.4 Å². The number of carbonyl (C=O) groups is 2. The van der Waals surface area contributed by atoms with Gasteiger partial charge in [-0.1, -0.05) is 41.7 Å². The van der Waals surface area contributed by atoms with E-state index in [0.717, 1.165) is 27.8 Å². The molecule has 34 heavy (non-hydrogen) atoms. The van der Waals surface area contributed by atoms with Gasteiger partial charge in [0.15, 0.2) is 5.13 Å². The predicted molar refractivity (Wildman–Crippen MR) is 125 cm³/mol. The molecule has 2 aromatic carbocycles. The first kappa shape index (κ1) is 24.0. The monoisotopic (exact) mass is 503 g/mol. The zero-order chi connectivity index (χ0) is 24.3. The molecule has 1 aromatic heterocycles. The van der Waals surface area contributed by atoms with E-state index >= 15 is 0 Å². The number of amides is 1. The topological polar surface area (TPSA) is 106 Å². The standard InChI is InChI=1S/C23H22FN3O5S2/c1-2-32-22(29)20-19(15-7-4-3-5-8-15)25-23(33-20)26-21(28)18-9-6-14-27(18)34(30,31)17-12-10-16(24)11-13-17/h3-5,7-8,10-13,18H,2,6,9,14H2,1H3,(H,25,26,28). The summed E-state index contributed by atoms with van der Waals surface area (Å²) in [6.45, 7) is 2.05. The molecule has 11 heteroatoms. The summed E-state index contributed by atoms with van der Waals surface area (Å²) in [5.41, 5.74) is 1.06. The van der Waals surface area contributed by atoms with E-state index in [1.54, 1.807) is 31.2 Å². The first-order chi connectivity index (χ1) is 16.3. The third kappa shape index (κ3) is 4.86. The second-order valence-electron chi connectivity index (χ2n) is 7.50. The molecule has 0 aliphatic carbocycles. The number of hydrogen-bond acceptors (Lipinski definition) is 7. The molecule has 0 bridgehead atoms. The summed E-state index contributed by atoms with van der Waals surface area (Å²) in [6, 6.07) is 12.5. The number of halogens is 1. The van der Waals surface area contributed by atoms with Gasteiger partial charge in [0.2, 0.25) is 15.9 Å². The van der Waals surface area contributed by atoms with E-state index in [4.69, 9.17) is 4.74 Å². The molecule has 1 aliphatic heterocycles. The Bertz CT molecular complexity index is 1290. The molecule has 3 aromatic rings. The zero-order valence-electron chi connectivity index (χ0n) is 18.2. The number of rotatable bonds is 7. The van der Waals surface area contributed by atoms with Gasteiger partial charge in [-0.3, -0.25) is 4.79 Å². The molecular formula is C23H22FN3O5S2. The largest absolute Gasteiger partial charge is 0.462 e. The fourth-order valence-electron chi connectivity index (χ4n) is 3.72. The molecule has 0 radical (unpaired) electrons. The van der Waals surface area contributed by atoms with Crippen LogP contribution in [0.2, 0.25) is 0 Å². The smallest absolute Gasteiger partial charge is 0.350 e. The van der Waals surface area contributed by atoms with Crippen molar-refractivity contribution >= 4 is 38.4 Å². The molecule has 1 amide bonds. The summed E-state index contributed by atoms with van der Waals surface area (Å²) in [5, 5.41) is 2.83. The summed E-state index contributed by atoms with van der Waals surface area (Å²) in [6.07, 6.45) is 0.827. The van der Waals surface area contributed by atoms with Crippen molar-refractivity contribution in [3.8, 4) is 11.3 Å². The van der Waals surface area contributed by atoms with Gasteiger partial charge in [-0.15, -0.1) is 0 Å². The van der Waals surface area contributed by atoms with Crippen molar-refractivity contribution in [2.45, 2.75) is 30.7 Å². The minimum Gasteiger partial charge on any atom is -0.462 e. The van der Waals surface area contributed by atoms with Crippen molar-refractivity contribution in [1.29, 1.82) is 0 Å². The summed E-state index contributed by atoms with van der Waals surface area (Å²) < 4.78 is 45.6. The van der Waals surface area contributed by atoms with Gasteiger partial charge < -0.3 is 10.1 Å². The second-order valence-corrected chi connectivity index (χ2v) is 10.4. The molecule has 1 saturated heterocycles. The Hall–Kier alpha value is -3.15. The van der Waals surface area contributed by atoms with Crippen molar-refractivity contribution in [2.24, 2.45) is 0 Å². The van der Waals surface area contributed by atoms with Crippen LogP contribution in [0.5, 0.6) is 0 Å². The summed E-state index contributed by atoms with van der Waals surface area (Å²) in [7, 11) is -3.99. The molecule has 0 saturated carbocycles. The molecule has 2 heterocycles. The number of aromatic nitrogens is 1. The van der Waals surface area contributed by atoms with E-state index in [2.05, 4.69) is 10.3 Å². The molecular weight excluding hydrogens is 481 g/mol. The van der Waals surface area contributed by atoms with Crippen molar-refractivity contribution in [1.82, 2.24) is 9.29 Å². The van der Waals surface area contributed by atoms with Gasteiger partial charge >= 0.3 is 5.97 Å². The van der Waals surface area contributed by atoms with Gasteiger partial charge in [0.05, 0.1) is 17.2 Å². The Morgan fingerprint density at radius 1 is 1.18 bits per heavy atom. The highest BCUT2D eigenvalue weighted by molar-refractivity contribution is 7.89. The van der Waals surface area contributed by atoms with Crippen molar-refractivity contribution < 1.29 is 27.1 Å². The molecule has 1 N–H and O–H groups in total. The van der Waals surface area contributed by atoms with Crippen molar-refractivity contribution in [3.63, 3.8) is 0 Å². The van der Waals surface area contributed by atoms with Crippen LogP contribution in [0, 0.1) is 5.82 Å². The maximum Gasteiger partial charge on any atom is 0.350 e. The average molecular weight is 504 g/mol. The molecule has 1 atom stereocenters. The number of anilines is 1. The highest BCUT2D eigenvalue weighted by atomic mass is 32.2. The lowest BCUT2D eigenvalue weighted by molar-refractivity contribution is -0.119. The number of nitrogens with zero attached hydrogens (tertiary/aromatic N) is 2. The van der Waals surface area contributed by atoms with Crippen LogP contribution < -0.4 is 5.32 Å². The van der Waals surface area contributed by atoms with Crippen LogP contribution in [0.25, 0.3) is 11.3 Å². The highest BCUT2D eigenvalue weighted by Crippen LogP contribution is 2.33. The average Bonchev–Trinajstić information content (AvgIpc) is 3.48. The second kappa shape index (κ2) is 10.00. The van der Waals surface area contributed by atoms with Crippen LogP contribution in [0.3, 0.4) is 0 Å². The zero-order valence-corrected chi connectivity index (χ0v) is 19.9. The molecule has 0 spiro atoms. The number of ether oxygens (including phenoxy) is 1. The number of sulfonamides is 1. The molecule has 4 rings (SSSR count). The van der Waals surface area contributed by atoms with Crippen molar-refractivity contribution in [3.05, 3.63) is 65.3 Å². The van der Waals surface area contributed by atoms with Crippen molar-refractivity contribution in [2.75, 3.05) is 18.5 Å². The number of carbonyl (C=O) groups excluding carboxylic acids is 2. The maximum absolute atomic E-state index is 13.3. The minimum atomic E-state index is -3.99. The summed E-state index contributed by atoms with van der Waals surface area (Å²) in [5.74, 6) is -1.65. The normalized spacial score (nSPS) is 16.4. The lowest BCUT2D eigenvalue weighted by Gasteiger charge is -2.23. The van der Waals surface area contributed by atoms with Crippen LogP contribution in [0.4, 0.5) is 9.52 Å². The minimum absolute atomic E-state index is 0.0844. The Balaban J connectivity index is 1.59. The Labute approximate surface area is 200 Å². The van der Waals surface area contributed by atoms with Gasteiger partial charge in [0.25, 0.3) is 0 Å². The highest BCUT2D eigenvalue weighted by Gasteiger charge is 2.40. The number of hydrogen-bond donors (Lipinski definition) is 1. The van der Waals surface area contributed by atoms with Crippen LogP contribution in [-0.2, 0) is 19.6 Å². The fourth-order valence-corrected chi connectivity index (χ4v) is 6.26. The number of nitrogens with one attached hydrogen (secondary N) is 1. The van der Waals surface area contributed by atoms with Gasteiger partial charge in [0.1, 0.15) is 16.7 Å². The van der Waals surface area contributed by atoms with Crippen LogP contribution in [0.15, 0.2) is 59.5 Å². The molecule has 8 nitrogen and oxygen atoms in total. The lowest BCUT2D eigenvalue weighted by Crippen LogP contribution is -2.43. The Morgan fingerprint density at radius 3 is 2.56 bits per heavy atom. The quantitative estimate of drug-likeness (QED) is 0.490. The predicted octanol–water partition coefficient (Wildman–Crippen LogP) is 3.92. The summed E-state index contributed by atoms with van der Waals surface area (Å²) in [4.78, 5) is 30.1. The van der Waals surface area contributed by atoms with E-state index < -0.39 is 33.8 Å². The third-order valence-electron chi connectivity index (χ3n) is 5.29. The third-order valence-corrected chi connectivity index (χ3v) is 8.17. The Kier molecular flexibility index (Phi) is 7.05. The van der Waals surface area contributed by atoms with Gasteiger partial charge in [-0.05, 0) is 44.0 Å². The molecule has 1 aliphatic rings. The fraction of sp³-hybridized carbons (Fsp3) is 0.261. The van der Waals surface area contributed by atoms with Gasteiger partial charge in [-0.2, -0.15) is 4.31 Å². The van der Waals surface area contributed by atoms with E-state index in [1.807, 2.05) is 6.07 Å². The van der Waals surface area contributed by atoms with E-state index in [1.165, 1.54) is 12.1 Å². The molecule has 1 fully saturated rings. The molecule has 178 valence electrons. The van der Waals surface area contributed by atoms with E-state index in [9.17, 15) is 22.4 Å². The van der Waals surface area contributed by atoms with E-state index in [0.29, 0.717) is 24.1 Å². The molecule has 1 unspecified atom stereocenters. The lowest BCUT2D eigenvalue weighted by atomic mass is 10.1. The van der Waals surface area contributed by atoms with Crippen LogP contribution in [-0.4, -0.2) is 48.8 Å². The maximum atomic E-state index is 13.3. The first-order valence-electron chi connectivity index (χ1n) is 10.6. The van der Waals surface area contributed by atoms with Crippen LogP contribution >= 0.6 is 11.3 Å². The SMILES string of the molecule is CCOC(=O)c1sc(NC(=O)C2CCCN2S(=O)(=O)c2ccc(F)cc2)nc1-c1ccccc1.